The highest BCUT2D eigenvalue weighted by Crippen LogP contribution is 2.30. The maximum atomic E-state index is 11.8. The van der Waals surface area contributed by atoms with E-state index >= 15 is 0 Å². The number of hydrogen-bond donors (Lipinski definition) is 2. The first-order chi connectivity index (χ1) is 10.3. The molecule has 1 aliphatic rings. The summed E-state index contributed by atoms with van der Waals surface area (Å²) >= 11 is 6.20. The molecule has 0 radical (unpaired) electrons. The molecule has 2 rings (SSSR count). The predicted molar refractivity (Wildman–Crippen MR) is 90.4 cm³/mol. The summed E-state index contributed by atoms with van der Waals surface area (Å²) in [5.41, 5.74) is 0.493. The maximum Gasteiger partial charge on any atom is 0.407 e. The fourth-order valence-corrected chi connectivity index (χ4v) is 2.97. The Morgan fingerprint density at radius 2 is 2.05 bits per heavy atom. The molecule has 22 heavy (non-hydrogen) atoms. The van der Waals surface area contributed by atoms with Crippen molar-refractivity contribution in [2.45, 2.75) is 51.7 Å². The molecule has 0 spiro atoms. The van der Waals surface area contributed by atoms with E-state index < -0.39 is 5.60 Å². The Kier molecular flexibility index (Phi) is 5.57. The van der Waals surface area contributed by atoms with E-state index in [9.17, 15) is 4.79 Å². The second-order valence-electron chi connectivity index (χ2n) is 6.80. The number of nitrogens with one attached hydrogen (secondary N) is 2. The van der Waals surface area contributed by atoms with E-state index in [1.807, 2.05) is 45.0 Å². The lowest BCUT2D eigenvalue weighted by molar-refractivity contribution is 0.0519. The molecule has 1 aromatic rings. The molecule has 4 nitrogen and oxygen atoms in total. The fourth-order valence-electron chi connectivity index (χ4n) is 2.78. The third kappa shape index (κ3) is 5.09. The van der Waals surface area contributed by atoms with E-state index in [1.165, 1.54) is 0 Å². The summed E-state index contributed by atoms with van der Waals surface area (Å²) in [5, 5.41) is 7.11. The van der Waals surface area contributed by atoms with Crippen molar-refractivity contribution in [1.29, 1.82) is 0 Å². The average molecular weight is 325 g/mol. The van der Waals surface area contributed by atoms with Gasteiger partial charge in [0.15, 0.2) is 0 Å². The van der Waals surface area contributed by atoms with Gasteiger partial charge in [-0.2, -0.15) is 0 Å². The molecule has 5 heteroatoms. The zero-order valence-electron chi connectivity index (χ0n) is 13.5. The van der Waals surface area contributed by atoms with Crippen LogP contribution in [0.15, 0.2) is 24.3 Å². The molecule has 2 unspecified atom stereocenters. The minimum absolute atomic E-state index is 0.329. The summed E-state index contributed by atoms with van der Waals surface area (Å²) < 4.78 is 5.28. The van der Waals surface area contributed by atoms with Gasteiger partial charge in [-0.1, -0.05) is 30.2 Å². The van der Waals surface area contributed by atoms with Crippen LogP contribution in [0.25, 0.3) is 0 Å². The first kappa shape index (κ1) is 16.9. The van der Waals surface area contributed by atoms with E-state index in [2.05, 4.69) is 10.6 Å². The topological polar surface area (TPSA) is 50.4 Å². The second kappa shape index (κ2) is 7.23. The van der Waals surface area contributed by atoms with Crippen LogP contribution < -0.4 is 10.6 Å². The Hall–Kier alpha value is -1.42. The zero-order valence-corrected chi connectivity index (χ0v) is 14.2. The van der Waals surface area contributed by atoms with Gasteiger partial charge in [-0.15, -0.1) is 0 Å². The standard InChI is InChI=1S/C17H25ClN2O2/c1-17(2,3)22-16(21)19-11-12-7-6-10-14(12)20-15-9-5-4-8-13(15)18/h4-5,8-9,12,14,20H,6-7,10-11H2,1-3H3,(H,19,21). The van der Waals surface area contributed by atoms with Crippen molar-refractivity contribution in [1.82, 2.24) is 5.32 Å². The maximum absolute atomic E-state index is 11.8. The largest absolute Gasteiger partial charge is 0.444 e. The number of alkyl carbamates (subject to hydrolysis) is 1. The minimum atomic E-state index is -0.463. The molecule has 1 saturated carbocycles. The third-order valence-electron chi connectivity index (χ3n) is 3.78. The molecule has 0 heterocycles. The first-order valence-electron chi connectivity index (χ1n) is 7.83. The smallest absolute Gasteiger partial charge is 0.407 e. The Labute approximate surface area is 137 Å². The van der Waals surface area contributed by atoms with Crippen LogP contribution in [-0.4, -0.2) is 24.3 Å². The lowest BCUT2D eigenvalue weighted by Crippen LogP contribution is -2.38. The number of hydrogen-bond acceptors (Lipinski definition) is 3. The van der Waals surface area contributed by atoms with Gasteiger partial charge in [-0.05, 0) is 51.7 Å². The molecule has 1 amide bonds. The van der Waals surface area contributed by atoms with Gasteiger partial charge in [0, 0.05) is 12.6 Å². The SMILES string of the molecule is CC(C)(C)OC(=O)NCC1CCCC1Nc1ccccc1Cl. The molecule has 0 aliphatic heterocycles. The lowest BCUT2D eigenvalue weighted by Gasteiger charge is -2.24. The molecule has 0 saturated heterocycles. The first-order valence-corrected chi connectivity index (χ1v) is 8.21. The van der Waals surface area contributed by atoms with E-state index in [0.29, 0.717) is 18.5 Å². The number of carbonyl (C=O) groups excluding carboxylic acids is 1. The quantitative estimate of drug-likeness (QED) is 0.860. The highest BCUT2D eigenvalue weighted by molar-refractivity contribution is 6.33. The van der Waals surface area contributed by atoms with E-state index in [0.717, 1.165) is 30.0 Å². The Morgan fingerprint density at radius 1 is 1.32 bits per heavy atom. The van der Waals surface area contributed by atoms with Crippen molar-refractivity contribution in [3.05, 3.63) is 29.3 Å². The van der Waals surface area contributed by atoms with Crippen molar-refractivity contribution in [3.63, 3.8) is 0 Å². The van der Waals surface area contributed by atoms with Crippen LogP contribution in [0, 0.1) is 5.92 Å². The number of amides is 1. The van der Waals surface area contributed by atoms with Gasteiger partial charge >= 0.3 is 6.09 Å². The number of para-hydroxylation sites is 1. The van der Waals surface area contributed by atoms with Crippen molar-refractivity contribution in [3.8, 4) is 0 Å². The van der Waals surface area contributed by atoms with Gasteiger partial charge in [0.25, 0.3) is 0 Å². The van der Waals surface area contributed by atoms with Crippen molar-refractivity contribution < 1.29 is 9.53 Å². The van der Waals surface area contributed by atoms with Crippen LogP contribution >= 0.6 is 11.6 Å². The summed E-state index contributed by atoms with van der Waals surface area (Å²) in [5.74, 6) is 0.392. The number of benzene rings is 1. The average Bonchev–Trinajstić information content (AvgIpc) is 2.84. The van der Waals surface area contributed by atoms with Gasteiger partial charge in [-0.25, -0.2) is 4.79 Å². The summed E-state index contributed by atoms with van der Waals surface area (Å²) in [4.78, 5) is 11.8. The molecule has 2 N–H and O–H groups in total. The normalized spacial score (nSPS) is 21.5. The monoisotopic (exact) mass is 324 g/mol. The number of anilines is 1. The van der Waals surface area contributed by atoms with Crippen LogP contribution in [-0.2, 0) is 4.74 Å². The summed E-state index contributed by atoms with van der Waals surface area (Å²) in [6.07, 6.45) is 2.99. The molecule has 1 fully saturated rings. The Bertz CT molecular complexity index is 514. The van der Waals surface area contributed by atoms with Crippen LogP contribution in [0.4, 0.5) is 10.5 Å². The van der Waals surface area contributed by atoms with Crippen molar-refractivity contribution >= 4 is 23.4 Å². The molecule has 1 aromatic carbocycles. The van der Waals surface area contributed by atoms with E-state index in [4.69, 9.17) is 16.3 Å². The highest BCUT2D eigenvalue weighted by Gasteiger charge is 2.28. The zero-order chi connectivity index (χ0) is 16.2. The molecular weight excluding hydrogens is 300 g/mol. The number of rotatable bonds is 4. The molecule has 0 aromatic heterocycles. The van der Waals surface area contributed by atoms with E-state index in [1.54, 1.807) is 0 Å². The molecule has 122 valence electrons. The lowest BCUT2D eigenvalue weighted by atomic mass is 10.0. The van der Waals surface area contributed by atoms with Crippen molar-refractivity contribution in [2.75, 3.05) is 11.9 Å². The van der Waals surface area contributed by atoms with Crippen molar-refractivity contribution in [2.24, 2.45) is 5.92 Å². The Balaban J connectivity index is 1.86. The fraction of sp³-hybridized carbons (Fsp3) is 0.588. The van der Waals surface area contributed by atoms with Crippen LogP contribution in [0.3, 0.4) is 0 Å². The van der Waals surface area contributed by atoms with Crippen LogP contribution in [0.5, 0.6) is 0 Å². The predicted octanol–water partition coefficient (Wildman–Crippen LogP) is 4.45. The summed E-state index contributed by atoms with van der Waals surface area (Å²) in [6, 6.07) is 8.09. The van der Waals surface area contributed by atoms with Gasteiger partial charge in [0.05, 0.1) is 10.7 Å². The highest BCUT2D eigenvalue weighted by atomic mass is 35.5. The second-order valence-corrected chi connectivity index (χ2v) is 7.21. The number of carbonyl (C=O) groups is 1. The summed E-state index contributed by atoms with van der Waals surface area (Å²) in [6.45, 7) is 6.22. The van der Waals surface area contributed by atoms with Gasteiger partial charge < -0.3 is 15.4 Å². The number of ether oxygens (including phenoxy) is 1. The minimum Gasteiger partial charge on any atom is -0.444 e. The van der Waals surface area contributed by atoms with Gasteiger partial charge in [-0.3, -0.25) is 0 Å². The summed E-state index contributed by atoms with van der Waals surface area (Å²) in [7, 11) is 0. The molecule has 0 bridgehead atoms. The molecule has 1 aliphatic carbocycles. The van der Waals surface area contributed by atoms with E-state index in [-0.39, 0.29) is 6.09 Å². The van der Waals surface area contributed by atoms with Crippen LogP contribution in [0.1, 0.15) is 40.0 Å². The van der Waals surface area contributed by atoms with Crippen LogP contribution in [0.2, 0.25) is 5.02 Å². The third-order valence-corrected chi connectivity index (χ3v) is 4.11. The molecule has 2 atom stereocenters. The Morgan fingerprint density at radius 3 is 2.73 bits per heavy atom. The molecular formula is C17H25ClN2O2. The number of halogens is 1. The van der Waals surface area contributed by atoms with Gasteiger partial charge in [0.1, 0.15) is 5.60 Å². The van der Waals surface area contributed by atoms with Gasteiger partial charge in [0.2, 0.25) is 0 Å².